The van der Waals surface area contributed by atoms with Crippen LogP contribution < -0.4 is 5.69 Å². The van der Waals surface area contributed by atoms with Crippen molar-refractivity contribution in [2.24, 2.45) is 7.05 Å². The molecule has 0 spiro atoms. The summed E-state index contributed by atoms with van der Waals surface area (Å²) in [6.45, 7) is 2.71. The first kappa shape index (κ1) is 15.4. The SMILES string of the molecule is Cn1c(=O)n([C@@H]2CCN(Cc3ccc(Cl)cc3)C2)c2ncccc21. The van der Waals surface area contributed by atoms with Gasteiger partial charge in [-0.3, -0.25) is 14.0 Å². The fourth-order valence-corrected chi connectivity index (χ4v) is 3.66. The summed E-state index contributed by atoms with van der Waals surface area (Å²) < 4.78 is 3.54. The Morgan fingerprint density at radius 2 is 2.04 bits per heavy atom. The fourth-order valence-electron chi connectivity index (χ4n) is 3.53. The maximum atomic E-state index is 12.6. The Morgan fingerprint density at radius 3 is 2.83 bits per heavy atom. The van der Waals surface area contributed by atoms with Gasteiger partial charge in [0.05, 0.1) is 11.6 Å². The lowest BCUT2D eigenvalue weighted by atomic mass is 10.2. The van der Waals surface area contributed by atoms with Crippen LogP contribution >= 0.6 is 11.6 Å². The molecule has 5 nitrogen and oxygen atoms in total. The van der Waals surface area contributed by atoms with E-state index in [4.69, 9.17) is 11.6 Å². The molecule has 124 valence electrons. The van der Waals surface area contributed by atoms with E-state index in [1.807, 2.05) is 35.9 Å². The van der Waals surface area contributed by atoms with Gasteiger partial charge in [-0.1, -0.05) is 23.7 Å². The number of pyridine rings is 1. The van der Waals surface area contributed by atoms with Crippen LogP contribution in [0.4, 0.5) is 0 Å². The van der Waals surface area contributed by atoms with E-state index < -0.39 is 0 Å². The number of nitrogens with zero attached hydrogens (tertiary/aromatic N) is 4. The molecule has 6 heteroatoms. The number of hydrogen-bond acceptors (Lipinski definition) is 3. The first-order chi connectivity index (χ1) is 11.6. The standard InChI is InChI=1S/C18H19ClN4O/c1-21-16-3-2-9-20-17(16)23(18(21)24)15-8-10-22(12-15)11-13-4-6-14(19)7-5-13/h2-7,9,15H,8,10-12H2,1H3/t15-/m1/s1. The van der Waals surface area contributed by atoms with Gasteiger partial charge in [-0.15, -0.1) is 0 Å². The van der Waals surface area contributed by atoms with Gasteiger partial charge < -0.3 is 0 Å². The lowest BCUT2D eigenvalue weighted by Crippen LogP contribution is -2.28. The van der Waals surface area contributed by atoms with E-state index in [0.29, 0.717) is 0 Å². The van der Waals surface area contributed by atoms with E-state index in [2.05, 4.69) is 22.0 Å². The second-order valence-corrected chi connectivity index (χ2v) is 6.80. The number of aryl methyl sites for hydroxylation is 1. The van der Waals surface area contributed by atoms with Gasteiger partial charge in [0.15, 0.2) is 5.65 Å². The number of hydrogen-bond donors (Lipinski definition) is 0. The quantitative estimate of drug-likeness (QED) is 0.735. The molecule has 0 unspecified atom stereocenters. The zero-order valence-corrected chi connectivity index (χ0v) is 14.3. The molecule has 0 saturated carbocycles. The maximum absolute atomic E-state index is 12.6. The average molecular weight is 343 g/mol. The molecule has 0 aliphatic carbocycles. The zero-order chi connectivity index (χ0) is 16.7. The molecule has 0 bridgehead atoms. The van der Waals surface area contributed by atoms with Crippen LogP contribution in [0.15, 0.2) is 47.4 Å². The highest BCUT2D eigenvalue weighted by atomic mass is 35.5. The van der Waals surface area contributed by atoms with Gasteiger partial charge in [0.1, 0.15) is 0 Å². The molecule has 1 aromatic carbocycles. The van der Waals surface area contributed by atoms with E-state index in [9.17, 15) is 4.79 Å². The molecule has 0 amide bonds. The Morgan fingerprint density at radius 1 is 1.25 bits per heavy atom. The predicted molar refractivity (Wildman–Crippen MR) is 95.4 cm³/mol. The van der Waals surface area contributed by atoms with Crippen molar-refractivity contribution in [3.63, 3.8) is 0 Å². The molecule has 1 aliphatic heterocycles. The van der Waals surface area contributed by atoms with Crippen molar-refractivity contribution >= 4 is 22.8 Å². The molecule has 1 saturated heterocycles. The molecule has 24 heavy (non-hydrogen) atoms. The third kappa shape index (κ3) is 2.64. The Hall–Kier alpha value is -2.11. The topological polar surface area (TPSA) is 43.1 Å². The van der Waals surface area contributed by atoms with Crippen LogP contribution in [0.1, 0.15) is 18.0 Å². The molecule has 0 N–H and O–H groups in total. The molecular formula is C18H19ClN4O. The van der Waals surface area contributed by atoms with Crippen LogP contribution in [0.3, 0.4) is 0 Å². The minimum atomic E-state index is 0.0158. The number of halogens is 1. The summed E-state index contributed by atoms with van der Waals surface area (Å²) in [6.07, 6.45) is 2.71. The first-order valence-corrected chi connectivity index (χ1v) is 8.50. The number of imidazole rings is 1. The molecular weight excluding hydrogens is 324 g/mol. The van der Waals surface area contributed by atoms with Crippen LogP contribution in [0.2, 0.25) is 5.02 Å². The molecule has 0 radical (unpaired) electrons. The number of rotatable bonds is 3. The van der Waals surface area contributed by atoms with Gasteiger partial charge >= 0.3 is 5.69 Å². The second kappa shape index (κ2) is 6.07. The fraction of sp³-hybridized carbons (Fsp3) is 0.333. The maximum Gasteiger partial charge on any atom is 0.330 e. The van der Waals surface area contributed by atoms with Gasteiger partial charge in [0.25, 0.3) is 0 Å². The van der Waals surface area contributed by atoms with Gasteiger partial charge in [0, 0.05) is 37.9 Å². The Labute approximate surface area is 145 Å². The minimum absolute atomic E-state index is 0.0158. The highest BCUT2D eigenvalue weighted by Gasteiger charge is 2.27. The number of fused-ring (bicyclic) bond motifs is 1. The minimum Gasteiger partial charge on any atom is -0.297 e. The van der Waals surface area contributed by atoms with Gasteiger partial charge in [-0.2, -0.15) is 0 Å². The third-order valence-electron chi connectivity index (χ3n) is 4.78. The van der Waals surface area contributed by atoms with Gasteiger partial charge in [-0.05, 0) is 36.2 Å². The Bertz CT molecular complexity index is 928. The molecule has 2 aromatic heterocycles. The van der Waals surface area contributed by atoms with Gasteiger partial charge in [-0.25, -0.2) is 9.78 Å². The highest BCUT2D eigenvalue weighted by Crippen LogP contribution is 2.25. The first-order valence-electron chi connectivity index (χ1n) is 8.12. The van der Waals surface area contributed by atoms with Crippen molar-refractivity contribution in [2.45, 2.75) is 19.0 Å². The average Bonchev–Trinajstić information content (AvgIpc) is 3.14. The summed E-state index contributed by atoms with van der Waals surface area (Å²) in [5.74, 6) is 0. The molecule has 1 fully saturated rings. The van der Waals surface area contributed by atoms with Crippen molar-refractivity contribution in [3.8, 4) is 0 Å². The summed E-state index contributed by atoms with van der Waals surface area (Å²) in [6, 6.07) is 11.9. The summed E-state index contributed by atoms with van der Waals surface area (Å²) in [5, 5.41) is 0.756. The van der Waals surface area contributed by atoms with Crippen molar-refractivity contribution in [1.82, 2.24) is 19.0 Å². The third-order valence-corrected chi connectivity index (χ3v) is 5.03. The van der Waals surface area contributed by atoms with Gasteiger partial charge in [0.2, 0.25) is 0 Å². The molecule has 1 atom stereocenters. The molecule has 1 aliphatic rings. The number of aromatic nitrogens is 3. The van der Waals surface area contributed by atoms with E-state index in [1.165, 1.54) is 5.56 Å². The van der Waals surface area contributed by atoms with E-state index >= 15 is 0 Å². The van der Waals surface area contributed by atoms with Crippen LogP contribution in [-0.2, 0) is 13.6 Å². The largest absolute Gasteiger partial charge is 0.330 e. The van der Waals surface area contributed by atoms with E-state index in [1.54, 1.807) is 10.8 Å². The van der Waals surface area contributed by atoms with Crippen molar-refractivity contribution < 1.29 is 0 Å². The van der Waals surface area contributed by atoms with Crippen LogP contribution in [0.25, 0.3) is 11.2 Å². The number of benzene rings is 1. The summed E-state index contributed by atoms with van der Waals surface area (Å²) in [7, 11) is 1.81. The lowest BCUT2D eigenvalue weighted by Gasteiger charge is -2.16. The summed E-state index contributed by atoms with van der Waals surface area (Å²) >= 11 is 5.95. The summed E-state index contributed by atoms with van der Waals surface area (Å²) in [4.78, 5) is 19.4. The normalized spacial score (nSPS) is 18.5. The van der Waals surface area contributed by atoms with Crippen molar-refractivity contribution in [2.75, 3.05) is 13.1 Å². The molecule has 3 heterocycles. The van der Waals surface area contributed by atoms with Crippen LogP contribution in [-0.4, -0.2) is 32.1 Å². The van der Waals surface area contributed by atoms with E-state index in [0.717, 1.165) is 42.2 Å². The monoisotopic (exact) mass is 342 g/mol. The highest BCUT2D eigenvalue weighted by molar-refractivity contribution is 6.30. The molecule has 4 rings (SSSR count). The smallest absolute Gasteiger partial charge is 0.297 e. The van der Waals surface area contributed by atoms with Crippen molar-refractivity contribution in [3.05, 3.63) is 63.7 Å². The molecule has 3 aromatic rings. The Balaban J connectivity index is 1.58. The predicted octanol–water partition coefficient (Wildman–Crippen LogP) is 2.84. The van der Waals surface area contributed by atoms with Crippen LogP contribution in [0.5, 0.6) is 0 Å². The Kier molecular flexibility index (Phi) is 3.90. The van der Waals surface area contributed by atoms with Crippen LogP contribution in [0, 0.1) is 0 Å². The lowest BCUT2D eigenvalue weighted by molar-refractivity contribution is 0.316. The van der Waals surface area contributed by atoms with E-state index in [-0.39, 0.29) is 11.7 Å². The summed E-state index contributed by atoms with van der Waals surface area (Å²) in [5.41, 5.74) is 2.92. The zero-order valence-electron chi connectivity index (χ0n) is 13.5. The number of likely N-dealkylation sites (tertiary alicyclic amines) is 1. The second-order valence-electron chi connectivity index (χ2n) is 6.36. The van der Waals surface area contributed by atoms with Crippen molar-refractivity contribution in [1.29, 1.82) is 0 Å².